The van der Waals surface area contributed by atoms with Crippen LogP contribution in [-0.4, -0.2) is 69.1 Å². The Bertz CT molecular complexity index is 781. The zero-order chi connectivity index (χ0) is 22.9. The first kappa shape index (κ1) is 26.7. The minimum Gasteiger partial charge on any atom is -0.392 e. The highest BCUT2D eigenvalue weighted by atomic mass is 32.2. The largest absolute Gasteiger partial charge is 0.392 e. The van der Waals surface area contributed by atoms with Crippen molar-refractivity contribution >= 4 is 36.7 Å². The van der Waals surface area contributed by atoms with Crippen molar-refractivity contribution in [1.82, 2.24) is 0 Å². The highest BCUT2D eigenvalue weighted by Gasteiger charge is 2.40. The lowest BCUT2D eigenvalue weighted by atomic mass is 10.0. The molecule has 31 heavy (non-hydrogen) atoms. The molecule has 0 amide bonds. The number of Topliss-reactive ketones (excluding diaryl/α,β-unsaturated/α-hetero) is 1. The van der Waals surface area contributed by atoms with E-state index in [2.05, 4.69) is 0 Å². The molecular formula is C22H33O6PS2. The number of benzene rings is 1. The van der Waals surface area contributed by atoms with Gasteiger partial charge in [0.1, 0.15) is 5.78 Å². The molecule has 5 atom stereocenters. The zero-order valence-corrected chi connectivity index (χ0v) is 20.6. The Morgan fingerprint density at radius 2 is 2.06 bits per heavy atom. The predicted molar refractivity (Wildman–Crippen MR) is 129 cm³/mol. The van der Waals surface area contributed by atoms with Gasteiger partial charge in [0, 0.05) is 32.5 Å². The van der Waals surface area contributed by atoms with Crippen LogP contribution >= 0.6 is 30.9 Å². The standard InChI is InChI=1S/C22H33O6PS2/c1-28-14-17-6-3-5-16(11-17)12-18(23)7-8-19-20(24)13-21(25)22(19)31-10-4-9-30-15-29(2,26)27/h3,5-8,11,18-20,22-24H,4,9-10,12-15H2,1-2H3,(H,26,27)/b8-7+/t18-,19+,20?,22-/m1/s1. The molecule has 0 bridgehead atoms. The quantitative estimate of drug-likeness (QED) is 0.221. The molecule has 9 heteroatoms. The number of hydrogen-bond donors (Lipinski definition) is 3. The van der Waals surface area contributed by atoms with E-state index in [9.17, 15) is 24.5 Å². The first-order valence-corrected chi connectivity index (χ1v) is 14.8. The van der Waals surface area contributed by atoms with Crippen LogP contribution in [0.5, 0.6) is 0 Å². The Morgan fingerprint density at radius 1 is 1.32 bits per heavy atom. The normalized spacial score (nSPS) is 24.5. The van der Waals surface area contributed by atoms with Crippen molar-refractivity contribution in [2.45, 2.75) is 43.3 Å². The van der Waals surface area contributed by atoms with Gasteiger partial charge in [-0.15, -0.1) is 11.8 Å². The second-order valence-corrected chi connectivity index (χ2v) is 13.2. The summed E-state index contributed by atoms with van der Waals surface area (Å²) in [7, 11) is -1.34. The van der Waals surface area contributed by atoms with Crippen LogP contribution in [0.25, 0.3) is 0 Å². The van der Waals surface area contributed by atoms with E-state index in [1.165, 1.54) is 30.2 Å². The zero-order valence-electron chi connectivity index (χ0n) is 18.1. The number of rotatable bonds is 13. The van der Waals surface area contributed by atoms with Gasteiger partial charge in [-0.3, -0.25) is 9.36 Å². The van der Waals surface area contributed by atoms with E-state index >= 15 is 0 Å². The Kier molecular flexibility index (Phi) is 11.3. The van der Waals surface area contributed by atoms with Crippen molar-refractivity contribution in [2.75, 3.05) is 30.8 Å². The van der Waals surface area contributed by atoms with Gasteiger partial charge in [0.2, 0.25) is 7.37 Å². The molecule has 2 rings (SSSR count). The molecule has 2 unspecified atom stereocenters. The molecule has 174 valence electrons. The van der Waals surface area contributed by atoms with Crippen molar-refractivity contribution in [1.29, 1.82) is 0 Å². The lowest BCUT2D eigenvalue weighted by molar-refractivity contribution is -0.117. The molecule has 6 nitrogen and oxygen atoms in total. The van der Waals surface area contributed by atoms with Crippen molar-refractivity contribution in [3.63, 3.8) is 0 Å². The number of carbonyl (C=O) groups excluding carboxylic acids is 1. The number of aliphatic hydroxyl groups is 2. The van der Waals surface area contributed by atoms with E-state index in [1.807, 2.05) is 24.3 Å². The maximum Gasteiger partial charge on any atom is 0.207 e. The average molecular weight is 489 g/mol. The molecule has 0 aliphatic heterocycles. The molecule has 0 spiro atoms. The number of hydrogen-bond acceptors (Lipinski definition) is 7. The average Bonchev–Trinajstić information content (AvgIpc) is 2.95. The van der Waals surface area contributed by atoms with Gasteiger partial charge in [-0.2, -0.15) is 11.8 Å². The number of carbonyl (C=O) groups is 1. The van der Waals surface area contributed by atoms with E-state index in [4.69, 9.17) is 4.74 Å². The molecule has 0 radical (unpaired) electrons. The van der Waals surface area contributed by atoms with Crippen LogP contribution in [0.4, 0.5) is 0 Å². The van der Waals surface area contributed by atoms with Gasteiger partial charge in [-0.05, 0) is 29.1 Å². The van der Waals surface area contributed by atoms with E-state index in [0.717, 1.165) is 29.1 Å². The lowest BCUT2D eigenvalue weighted by Crippen LogP contribution is -2.22. The fraction of sp³-hybridized carbons (Fsp3) is 0.591. The fourth-order valence-corrected chi connectivity index (χ4v) is 7.24. The monoisotopic (exact) mass is 488 g/mol. The maximum atomic E-state index is 12.3. The highest BCUT2D eigenvalue weighted by molar-refractivity contribution is 8.05. The molecule has 0 saturated heterocycles. The van der Waals surface area contributed by atoms with E-state index in [-0.39, 0.29) is 28.9 Å². The third-order valence-electron chi connectivity index (χ3n) is 4.89. The molecule has 0 heterocycles. The summed E-state index contributed by atoms with van der Waals surface area (Å²) in [5.74, 6) is 1.23. The molecule has 1 aromatic carbocycles. The van der Waals surface area contributed by atoms with E-state index in [1.54, 1.807) is 19.3 Å². The Hall–Kier alpha value is -0.600. The van der Waals surface area contributed by atoms with Crippen LogP contribution in [-0.2, 0) is 27.1 Å². The predicted octanol–water partition coefficient (Wildman–Crippen LogP) is 3.33. The third-order valence-corrected chi connectivity index (χ3v) is 9.57. The minimum absolute atomic E-state index is 0.0370. The lowest BCUT2D eigenvalue weighted by Gasteiger charge is -2.18. The number of ketones is 1. The van der Waals surface area contributed by atoms with Crippen LogP contribution in [0, 0.1) is 5.92 Å². The summed E-state index contributed by atoms with van der Waals surface area (Å²) in [5, 5.41) is 20.4. The second kappa shape index (κ2) is 13.2. The number of aliphatic hydroxyl groups excluding tert-OH is 2. The van der Waals surface area contributed by atoms with Gasteiger partial charge in [-0.25, -0.2) is 0 Å². The fourth-order valence-electron chi connectivity index (χ4n) is 3.49. The molecule has 3 N–H and O–H groups in total. The SMILES string of the molecule is COCc1cccc(C[C@H](O)/C=C/[C@H]2C(O)CC(=O)[C@@H]2SCCCSCP(C)(=O)O)c1. The first-order valence-electron chi connectivity index (χ1n) is 10.3. The van der Waals surface area contributed by atoms with Crippen LogP contribution < -0.4 is 0 Å². The Balaban J connectivity index is 1.84. The molecule has 1 fully saturated rings. The highest BCUT2D eigenvalue weighted by Crippen LogP contribution is 2.39. The van der Waals surface area contributed by atoms with Crippen LogP contribution in [0.1, 0.15) is 24.0 Å². The molecule has 0 aromatic heterocycles. The van der Waals surface area contributed by atoms with Crippen molar-refractivity contribution < 1.29 is 29.2 Å². The van der Waals surface area contributed by atoms with Gasteiger partial charge in [0.15, 0.2) is 0 Å². The van der Waals surface area contributed by atoms with Crippen molar-refractivity contribution in [2.24, 2.45) is 5.92 Å². The van der Waals surface area contributed by atoms with Crippen molar-refractivity contribution in [3.8, 4) is 0 Å². The summed E-state index contributed by atoms with van der Waals surface area (Å²) in [6.07, 6.45) is 3.45. The molecule has 1 aliphatic carbocycles. The first-order chi connectivity index (χ1) is 14.7. The van der Waals surface area contributed by atoms with Crippen LogP contribution in [0.2, 0.25) is 0 Å². The molecule has 1 aliphatic rings. The summed E-state index contributed by atoms with van der Waals surface area (Å²) >= 11 is 2.97. The third kappa shape index (κ3) is 9.82. The summed E-state index contributed by atoms with van der Waals surface area (Å²) in [4.78, 5) is 21.6. The maximum absolute atomic E-state index is 12.3. The van der Waals surface area contributed by atoms with Gasteiger partial charge in [0.25, 0.3) is 0 Å². The van der Waals surface area contributed by atoms with E-state index in [0.29, 0.717) is 13.0 Å². The minimum atomic E-state index is -2.98. The van der Waals surface area contributed by atoms with Gasteiger partial charge in [-0.1, -0.05) is 36.4 Å². The van der Waals surface area contributed by atoms with Crippen molar-refractivity contribution in [3.05, 3.63) is 47.5 Å². The summed E-state index contributed by atoms with van der Waals surface area (Å²) in [6, 6.07) is 7.86. The summed E-state index contributed by atoms with van der Waals surface area (Å²) in [5.41, 5.74) is 2.29. The smallest absolute Gasteiger partial charge is 0.207 e. The van der Waals surface area contributed by atoms with Gasteiger partial charge < -0.3 is 19.8 Å². The second-order valence-electron chi connectivity index (χ2n) is 7.96. The number of ether oxygens (including phenoxy) is 1. The summed E-state index contributed by atoms with van der Waals surface area (Å²) in [6.45, 7) is 1.88. The van der Waals surface area contributed by atoms with Crippen LogP contribution in [0.3, 0.4) is 0 Å². The van der Waals surface area contributed by atoms with Crippen LogP contribution in [0.15, 0.2) is 36.4 Å². The number of thioether (sulfide) groups is 2. The molecule has 1 saturated carbocycles. The molecular weight excluding hydrogens is 455 g/mol. The summed E-state index contributed by atoms with van der Waals surface area (Å²) < 4.78 is 16.4. The van der Waals surface area contributed by atoms with Gasteiger partial charge in [0.05, 0.1) is 29.6 Å². The Morgan fingerprint density at radius 3 is 2.77 bits per heavy atom. The Labute approximate surface area is 193 Å². The molecule has 1 aromatic rings. The number of methoxy groups -OCH3 is 1. The topological polar surface area (TPSA) is 104 Å². The van der Waals surface area contributed by atoms with Gasteiger partial charge >= 0.3 is 0 Å². The van der Waals surface area contributed by atoms with E-state index < -0.39 is 19.6 Å².